The topological polar surface area (TPSA) is 0 Å². The van der Waals surface area contributed by atoms with E-state index in [4.69, 9.17) is 0 Å². The molecule has 30 heavy (non-hydrogen) atoms. The van der Waals surface area contributed by atoms with Crippen molar-refractivity contribution in [3.8, 4) is 23.7 Å². The summed E-state index contributed by atoms with van der Waals surface area (Å²) >= 11 is 0. The van der Waals surface area contributed by atoms with Gasteiger partial charge in [0.2, 0.25) is 0 Å². The van der Waals surface area contributed by atoms with Crippen LogP contribution < -0.4 is 0 Å². The van der Waals surface area contributed by atoms with Crippen LogP contribution in [0.5, 0.6) is 0 Å². The minimum absolute atomic E-state index is 0.642. The molecule has 0 atom stereocenters. The van der Waals surface area contributed by atoms with E-state index in [0.717, 1.165) is 29.5 Å². The largest absolute Gasteiger partial charge is 0.0729 e. The fourth-order valence-corrected chi connectivity index (χ4v) is 3.59. The standard InChI is InChI=1S/C28H26.C2H6/c1-21-6-10-23(11-7-21)14-15-25-17-19-27(28(20-25)26-4-3-5-26)18-16-24-12-8-22(2)9-13-24;1-2/h6,8-10,12-13,17,19-20,26H,3-5,7,11H2,1-2H3;1-2H3. The first-order valence-corrected chi connectivity index (χ1v) is 11.3. The van der Waals surface area contributed by atoms with E-state index in [-0.39, 0.29) is 0 Å². The van der Waals surface area contributed by atoms with Gasteiger partial charge in [-0.25, -0.2) is 0 Å². The van der Waals surface area contributed by atoms with Crippen LogP contribution >= 0.6 is 0 Å². The van der Waals surface area contributed by atoms with E-state index in [1.807, 2.05) is 13.8 Å². The normalized spacial score (nSPS) is 15.1. The number of benzene rings is 2. The number of rotatable bonds is 1. The zero-order valence-electron chi connectivity index (χ0n) is 18.8. The first kappa shape index (κ1) is 21.7. The zero-order valence-corrected chi connectivity index (χ0v) is 18.8. The van der Waals surface area contributed by atoms with Gasteiger partial charge in [0.1, 0.15) is 0 Å². The molecule has 0 heteroatoms. The zero-order chi connectivity index (χ0) is 21.3. The molecule has 152 valence electrons. The molecule has 0 saturated heterocycles. The molecular formula is C30H32. The van der Waals surface area contributed by atoms with Crippen LogP contribution in [0.15, 0.2) is 65.8 Å². The van der Waals surface area contributed by atoms with E-state index < -0.39 is 0 Å². The van der Waals surface area contributed by atoms with Crippen LogP contribution in [0.25, 0.3) is 0 Å². The van der Waals surface area contributed by atoms with Crippen LogP contribution in [0.3, 0.4) is 0 Å². The van der Waals surface area contributed by atoms with Crippen LogP contribution in [0.4, 0.5) is 0 Å². The molecule has 4 rings (SSSR count). The maximum atomic E-state index is 3.42. The summed E-state index contributed by atoms with van der Waals surface area (Å²) in [4.78, 5) is 0. The van der Waals surface area contributed by atoms with Crippen LogP contribution in [0.1, 0.15) is 86.6 Å². The summed E-state index contributed by atoms with van der Waals surface area (Å²) in [6.45, 7) is 8.29. The maximum Gasteiger partial charge on any atom is 0.0284 e. The molecule has 0 amide bonds. The minimum Gasteiger partial charge on any atom is -0.0729 e. The highest BCUT2D eigenvalue weighted by Gasteiger charge is 2.22. The van der Waals surface area contributed by atoms with Crippen LogP contribution in [0.2, 0.25) is 0 Å². The summed E-state index contributed by atoms with van der Waals surface area (Å²) in [7, 11) is 0. The van der Waals surface area contributed by atoms with Crippen LogP contribution in [-0.4, -0.2) is 0 Å². The van der Waals surface area contributed by atoms with E-state index in [0.29, 0.717) is 5.92 Å². The molecule has 0 aliphatic heterocycles. The molecule has 1 saturated carbocycles. The Balaban J connectivity index is 0.00000124. The molecule has 0 heterocycles. The number of allylic oxidation sites excluding steroid dienone is 4. The van der Waals surface area contributed by atoms with E-state index >= 15 is 0 Å². The lowest BCUT2D eigenvalue weighted by Crippen LogP contribution is -2.10. The van der Waals surface area contributed by atoms with Crippen molar-refractivity contribution in [2.24, 2.45) is 0 Å². The molecule has 2 aromatic rings. The molecule has 0 radical (unpaired) electrons. The van der Waals surface area contributed by atoms with E-state index in [9.17, 15) is 0 Å². The van der Waals surface area contributed by atoms with Gasteiger partial charge >= 0.3 is 0 Å². The Labute approximate surface area is 183 Å². The summed E-state index contributed by atoms with van der Waals surface area (Å²) in [6.07, 6.45) is 10.4. The highest BCUT2D eigenvalue weighted by atomic mass is 14.3. The Morgan fingerprint density at radius 1 is 0.733 bits per heavy atom. The van der Waals surface area contributed by atoms with Gasteiger partial charge in [-0.2, -0.15) is 0 Å². The lowest BCUT2D eigenvalue weighted by atomic mass is 9.78. The van der Waals surface area contributed by atoms with Gasteiger partial charge in [-0.15, -0.1) is 0 Å². The second kappa shape index (κ2) is 10.7. The quantitative estimate of drug-likeness (QED) is 0.436. The average Bonchev–Trinajstić information content (AvgIpc) is 2.74. The monoisotopic (exact) mass is 392 g/mol. The molecule has 0 bridgehead atoms. The van der Waals surface area contributed by atoms with Crippen molar-refractivity contribution in [3.05, 3.63) is 93.6 Å². The van der Waals surface area contributed by atoms with Gasteiger partial charge < -0.3 is 0 Å². The average molecular weight is 393 g/mol. The summed E-state index contributed by atoms with van der Waals surface area (Å²) in [6, 6.07) is 15.0. The predicted octanol–water partition coefficient (Wildman–Crippen LogP) is 7.71. The van der Waals surface area contributed by atoms with Crippen molar-refractivity contribution < 1.29 is 0 Å². The van der Waals surface area contributed by atoms with Crippen molar-refractivity contribution in [3.63, 3.8) is 0 Å². The van der Waals surface area contributed by atoms with Gasteiger partial charge in [0, 0.05) is 22.3 Å². The second-order valence-electron chi connectivity index (χ2n) is 8.00. The Kier molecular flexibility index (Phi) is 7.76. The molecule has 0 N–H and O–H groups in total. The third kappa shape index (κ3) is 5.78. The Morgan fingerprint density at radius 2 is 1.43 bits per heavy atom. The summed E-state index contributed by atoms with van der Waals surface area (Å²) in [5.74, 6) is 14.2. The Bertz CT molecular complexity index is 1050. The molecular weight excluding hydrogens is 360 g/mol. The molecule has 0 nitrogen and oxygen atoms in total. The van der Waals surface area contributed by atoms with Crippen LogP contribution in [0, 0.1) is 30.6 Å². The Hall–Kier alpha value is -2.96. The number of hydrogen-bond acceptors (Lipinski definition) is 0. The highest BCUT2D eigenvalue weighted by molar-refractivity contribution is 5.53. The molecule has 0 unspecified atom stereocenters. The van der Waals surface area contributed by atoms with E-state index in [2.05, 4.69) is 92.1 Å². The number of hydrogen-bond donors (Lipinski definition) is 0. The lowest BCUT2D eigenvalue weighted by molar-refractivity contribution is 0.419. The van der Waals surface area contributed by atoms with Crippen molar-refractivity contribution in [1.29, 1.82) is 0 Å². The first-order chi connectivity index (χ1) is 14.7. The smallest absolute Gasteiger partial charge is 0.0284 e. The van der Waals surface area contributed by atoms with E-state index in [1.165, 1.54) is 41.5 Å². The summed E-state index contributed by atoms with van der Waals surface area (Å²) in [5.41, 5.74) is 8.66. The van der Waals surface area contributed by atoms with Gasteiger partial charge in [0.15, 0.2) is 0 Å². The summed E-state index contributed by atoms with van der Waals surface area (Å²) < 4.78 is 0. The molecule has 0 spiro atoms. The molecule has 2 aromatic carbocycles. The van der Waals surface area contributed by atoms with Gasteiger partial charge in [0.05, 0.1) is 0 Å². The number of aryl methyl sites for hydroxylation is 1. The molecule has 2 aliphatic rings. The Morgan fingerprint density at radius 3 is 2.07 bits per heavy atom. The second-order valence-corrected chi connectivity index (χ2v) is 8.00. The fourth-order valence-electron chi connectivity index (χ4n) is 3.59. The lowest BCUT2D eigenvalue weighted by Gasteiger charge is -2.27. The van der Waals surface area contributed by atoms with Crippen molar-refractivity contribution >= 4 is 0 Å². The highest BCUT2D eigenvalue weighted by Crippen LogP contribution is 2.38. The molecule has 0 aromatic heterocycles. The van der Waals surface area contributed by atoms with Crippen molar-refractivity contribution in [2.45, 2.75) is 65.7 Å². The minimum atomic E-state index is 0.642. The third-order valence-corrected chi connectivity index (χ3v) is 5.71. The maximum absolute atomic E-state index is 3.42. The van der Waals surface area contributed by atoms with E-state index in [1.54, 1.807) is 0 Å². The van der Waals surface area contributed by atoms with Gasteiger partial charge in [-0.1, -0.05) is 79.4 Å². The van der Waals surface area contributed by atoms with Crippen molar-refractivity contribution in [2.75, 3.05) is 0 Å². The van der Waals surface area contributed by atoms with Crippen molar-refractivity contribution in [1.82, 2.24) is 0 Å². The molecule has 2 aliphatic carbocycles. The van der Waals surface area contributed by atoms with Gasteiger partial charge in [-0.05, 0) is 81.3 Å². The first-order valence-electron chi connectivity index (χ1n) is 11.3. The summed E-state index contributed by atoms with van der Waals surface area (Å²) in [5, 5.41) is 0. The molecule has 1 fully saturated rings. The fraction of sp³-hybridized carbons (Fsp3) is 0.333. The third-order valence-electron chi connectivity index (χ3n) is 5.71. The predicted molar refractivity (Wildman–Crippen MR) is 129 cm³/mol. The van der Waals surface area contributed by atoms with Gasteiger partial charge in [0.25, 0.3) is 0 Å². The van der Waals surface area contributed by atoms with Gasteiger partial charge in [-0.3, -0.25) is 0 Å². The SMILES string of the molecule is CC.CC1=CC=C(C#Cc2ccc(C#Cc3ccc(C)cc3)c(C3CCC3)c2)CC1. The van der Waals surface area contributed by atoms with Crippen LogP contribution in [-0.2, 0) is 0 Å².